The maximum Gasteiger partial charge on any atom is 0.270 e. The summed E-state index contributed by atoms with van der Waals surface area (Å²) < 4.78 is 0. The average molecular weight is 520 g/mol. The lowest BCUT2D eigenvalue weighted by molar-refractivity contribution is -0.145. The van der Waals surface area contributed by atoms with Gasteiger partial charge in [-0.1, -0.05) is 30.3 Å². The van der Waals surface area contributed by atoms with E-state index in [1.54, 1.807) is 19.2 Å². The average Bonchev–Trinajstić information content (AvgIpc) is 3.46. The Morgan fingerprint density at radius 2 is 1.82 bits per heavy atom. The molecule has 202 valence electrons. The van der Waals surface area contributed by atoms with Gasteiger partial charge in [0.2, 0.25) is 17.7 Å². The third kappa shape index (κ3) is 5.76. The zero-order valence-electron chi connectivity index (χ0n) is 21.9. The maximum atomic E-state index is 13.7. The Kier molecular flexibility index (Phi) is 7.81. The predicted octanol–water partition coefficient (Wildman–Crippen LogP) is 2.11. The summed E-state index contributed by atoms with van der Waals surface area (Å²) in [6, 6.07) is 12.0. The molecule has 3 fully saturated rings. The summed E-state index contributed by atoms with van der Waals surface area (Å²) in [5.41, 5.74) is 1.67. The first-order valence-corrected chi connectivity index (χ1v) is 13.8. The highest BCUT2D eigenvalue weighted by atomic mass is 16.2. The topological polar surface area (TPSA) is 115 Å². The SMILES string of the molecule is C[C@H]1NC(=O)[C@H](CCc2ccccc2)NC(=O)CCC[C@H]2[C@@H]3C[C@@H](CN(C(=O)c4ccc[nH]4)C3)CN2C1=O. The highest BCUT2D eigenvalue weighted by molar-refractivity contribution is 5.93. The molecule has 3 N–H and O–H groups in total. The molecule has 2 aromatic rings. The van der Waals surface area contributed by atoms with Crippen molar-refractivity contribution in [3.63, 3.8) is 0 Å². The van der Waals surface area contributed by atoms with E-state index in [2.05, 4.69) is 15.6 Å². The minimum atomic E-state index is -0.698. The highest BCUT2D eigenvalue weighted by Gasteiger charge is 2.45. The quantitative estimate of drug-likeness (QED) is 0.574. The van der Waals surface area contributed by atoms with Crippen LogP contribution in [-0.2, 0) is 20.8 Å². The van der Waals surface area contributed by atoms with Gasteiger partial charge in [0.05, 0.1) is 0 Å². The summed E-state index contributed by atoms with van der Waals surface area (Å²) in [6.07, 6.45) is 5.42. The Morgan fingerprint density at radius 3 is 2.58 bits per heavy atom. The molecule has 0 radical (unpaired) electrons. The molecule has 0 aliphatic carbocycles. The molecule has 1 aromatic heterocycles. The van der Waals surface area contributed by atoms with E-state index in [0.29, 0.717) is 57.4 Å². The Hall–Kier alpha value is -3.62. The van der Waals surface area contributed by atoms with Crippen LogP contribution in [0.25, 0.3) is 0 Å². The normalized spacial score (nSPS) is 28.4. The Bertz CT molecular complexity index is 1150. The Morgan fingerprint density at radius 1 is 1.00 bits per heavy atom. The summed E-state index contributed by atoms with van der Waals surface area (Å²) in [5, 5.41) is 5.80. The second-order valence-corrected chi connectivity index (χ2v) is 11.0. The number of H-pyrrole nitrogens is 1. The van der Waals surface area contributed by atoms with Crippen molar-refractivity contribution in [2.24, 2.45) is 11.8 Å². The molecule has 0 spiro atoms. The van der Waals surface area contributed by atoms with Crippen LogP contribution in [0.1, 0.15) is 55.1 Å². The van der Waals surface area contributed by atoms with E-state index >= 15 is 0 Å². The van der Waals surface area contributed by atoms with E-state index in [0.717, 1.165) is 12.0 Å². The van der Waals surface area contributed by atoms with Crippen molar-refractivity contribution in [1.29, 1.82) is 0 Å². The largest absolute Gasteiger partial charge is 0.357 e. The highest BCUT2D eigenvalue weighted by Crippen LogP contribution is 2.36. The van der Waals surface area contributed by atoms with Gasteiger partial charge in [-0.05, 0) is 68.6 Å². The molecule has 2 bridgehead atoms. The van der Waals surface area contributed by atoms with Crippen molar-refractivity contribution in [3.05, 3.63) is 59.9 Å². The van der Waals surface area contributed by atoms with Crippen molar-refractivity contribution in [2.45, 2.75) is 63.6 Å². The first-order chi connectivity index (χ1) is 18.4. The van der Waals surface area contributed by atoms with Gasteiger partial charge in [0, 0.05) is 38.3 Å². The van der Waals surface area contributed by atoms with Gasteiger partial charge in [0.25, 0.3) is 5.91 Å². The van der Waals surface area contributed by atoms with Gasteiger partial charge in [-0.15, -0.1) is 0 Å². The summed E-state index contributed by atoms with van der Waals surface area (Å²) in [5.74, 6) is -0.254. The fraction of sp³-hybridized carbons (Fsp3) is 0.517. The molecule has 4 heterocycles. The number of likely N-dealkylation sites (tertiary alicyclic amines) is 1. The van der Waals surface area contributed by atoms with Crippen molar-refractivity contribution in [3.8, 4) is 0 Å². The number of carbonyl (C=O) groups is 4. The molecule has 3 aliphatic rings. The molecule has 4 amide bonds. The minimum absolute atomic E-state index is 0.0146. The summed E-state index contributed by atoms with van der Waals surface area (Å²) in [6.45, 7) is 3.47. The zero-order chi connectivity index (χ0) is 26.6. The minimum Gasteiger partial charge on any atom is -0.357 e. The number of aryl methyl sites for hydroxylation is 1. The first-order valence-electron chi connectivity index (χ1n) is 13.8. The Labute approximate surface area is 223 Å². The molecule has 0 unspecified atom stereocenters. The number of nitrogens with zero attached hydrogens (tertiary/aromatic N) is 2. The first kappa shape index (κ1) is 26.0. The van der Waals surface area contributed by atoms with E-state index < -0.39 is 12.1 Å². The number of hydrogen-bond donors (Lipinski definition) is 3. The molecule has 9 heteroatoms. The Balaban J connectivity index is 1.29. The number of piperidine rings is 2. The number of nitrogens with one attached hydrogen (secondary N) is 3. The van der Waals surface area contributed by atoms with Gasteiger partial charge < -0.3 is 25.4 Å². The van der Waals surface area contributed by atoms with Crippen molar-refractivity contribution >= 4 is 23.6 Å². The lowest BCUT2D eigenvalue weighted by Crippen LogP contribution is -2.63. The van der Waals surface area contributed by atoms with E-state index in [-0.39, 0.29) is 41.5 Å². The van der Waals surface area contributed by atoms with Crippen LogP contribution in [-0.4, -0.2) is 76.2 Å². The van der Waals surface area contributed by atoms with E-state index in [4.69, 9.17) is 0 Å². The third-order valence-corrected chi connectivity index (χ3v) is 8.22. The number of rotatable bonds is 4. The van der Waals surface area contributed by atoms with Gasteiger partial charge in [0.1, 0.15) is 17.8 Å². The molecule has 0 saturated carbocycles. The summed E-state index contributed by atoms with van der Waals surface area (Å²) in [4.78, 5) is 59.6. The molecule has 3 aliphatic heterocycles. The summed E-state index contributed by atoms with van der Waals surface area (Å²) >= 11 is 0. The van der Waals surface area contributed by atoms with Gasteiger partial charge in [0.15, 0.2) is 0 Å². The second kappa shape index (κ2) is 11.4. The zero-order valence-corrected chi connectivity index (χ0v) is 21.9. The van der Waals surface area contributed by atoms with Crippen LogP contribution in [0.4, 0.5) is 0 Å². The van der Waals surface area contributed by atoms with Gasteiger partial charge in [-0.25, -0.2) is 0 Å². The molecular formula is C29H37N5O4. The number of aromatic nitrogens is 1. The van der Waals surface area contributed by atoms with Gasteiger partial charge in [-0.3, -0.25) is 19.2 Å². The third-order valence-electron chi connectivity index (χ3n) is 8.22. The smallest absolute Gasteiger partial charge is 0.270 e. The standard InChI is InChI=1S/C29H37N5O4/c1-19-28(37)34-17-21-15-22(18-33(16-21)29(38)24-9-6-14-30-24)25(34)10-5-11-26(35)32-23(27(36)31-19)13-12-20-7-3-2-4-8-20/h2-4,6-9,14,19,21-23,25,30H,5,10-13,15-18H2,1H3,(H,31,36)(H,32,35)/t19-,21+,22-,23+,25+/m1/s1. The molecular weight excluding hydrogens is 482 g/mol. The molecule has 1 aromatic carbocycles. The van der Waals surface area contributed by atoms with Crippen LogP contribution >= 0.6 is 0 Å². The van der Waals surface area contributed by atoms with Crippen LogP contribution in [0.2, 0.25) is 0 Å². The number of benzene rings is 1. The van der Waals surface area contributed by atoms with Crippen LogP contribution in [0.5, 0.6) is 0 Å². The summed E-state index contributed by atoms with van der Waals surface area (Å²) in [7, 11) is 0. The lowest BCUT2D eigenvalue weighted by atomic mass is 9.77. The molecule has 9 nitrogen and oxygen atoms in total. The maximum absolute atomic E-state index is 13.7. The van der Waals surface area contributed by atoms with E-state index in [1.807, 2.05) is 46.2 Å². The number of hydrogen-bond acceptors (Lipinski definition) is 4. The fourth-order valence-corrected chi connectivity index (χ4v) is 6.36. The fourth-order valence-electron chi connectivity index (χ4n) is 6.36. The van der Waals surface area contributed by atoms with E-state index in [1.165, 1.54) is 0 Å². The molecule has 5 atom stereocenters. The van der Waals surface area contributed by atoms with Crippen molar-refractivity contribution < 1.29 is 19.2 Å². The molecule has 3 saturated heterocycles. The number of fused-ring (bicyclic) bond motifs is 4. The van der Waals surface area contributed by atoms with Crippen LogP contribution < -0.4 is 10.6 Å². The number of carbonyl (C=O) groups excluding carboxylic acids is 4. The van der Waals surface area contributed by atoms with Crippen LogP contribution in [0.15, 0.2) is 48.7 Å². The lowest BCUT2D eigenvalue weighted by Gasteiger charge is -2.51. The molecule has 5 rings (SSSR count). The van der Waals surface area contributed by atoms with Crippen LogP contribution in [0, 0.1) is 11.8 Å². The van der Waals surface area contributed by atoms with Crippen molar-refractivity contribution in [1.82, 2.24) is 25.4 Å². The number of amides is 4. The van der Waals surface area contributed by atoms with Crippen molar-refractivity contribution in [2.75, 3.05) is 19.6 Å². The number of aromatic amines is 1. The second-order valence-electron chi connectivity index (χ2n) is 11.0. The monoisotopic (exact) mass is 519 g/mol. The van der Waals surface area contributed by atoms with E-state index in [9.17, 15) is 19.2 Å². The van der Waals surface area contributed by atoms with Gasteiger partial charge >= 0.3 is 0 Å². The van der Waals surface area contributed by atoms with Gasteiger partial charge in [-0.2, -0.15) is 0 Å². The predicted molar refractivity (Wildman–Crippen MR) is 142 cm³/mol. The van der Waals surface area contributed by atoms with Crippen LogP contribution in [0.3, 0.4) is 0 Å². The molecule has 38 heavy (non-hydrogen) atoms.